The van der Waals surface area contributed by atoms with E-state index in [-0.39, 0.29) is 6.61 Å². The molecule has 0 saturated carbocycles. The number of aryl methyl sites for hydroxylation is 2. The molecule has 4 heteroatoms. The summed E-state index contributed by atoms with van der Waals surface area (Å²) in [6, 6.07) is 11.0. The van der Waals surface area contributed by atoms with Crippen molar-refractivity contribution < 1.29 is 9.90 Å². The monoisotopic (exact) mass is 242 g/mol. The zero-order valence-corrected chi connectivity index (χ0v) is 9.91. The minimum atomic E-state index is -0.0489. The molecule has 2 heterocycles. The summed E-state index contributed by atoms with van der Waals surface area (Å²) >= 11 is 0. The number of aliphatic hydroxyl groups excluding tert-OH is 1. The number of nitrogens with zero attached hydrogens (tertiary/aromatic N) is 2. The first-order chi connectivity index (χ1) is 8.81. The fourth-order valence-electron chi connectivity index (χ4n) is 1.72. The molecule has 0 aliphatic rings. The Morgan fingerprint density at radius 1 is 0.944 bits per heavy atom. The summed E-state index contributed by atoms with van der Waals surface area (Å²) in [6.45, 7) is -0.0489. The molecule has 0 aliphatic carbocycles. The van der Waals surface area contributed by atoms with Crippen LogP contribution in [-0.2, 0) is 19.4 Å². The molecule has 92 valence electrons. The van der Waals surface area contributed by atoms with Crippen molar-refractivity contribution in [3.8, 4) is 0 Å². The highest BCUT2D eigenvalue weighted by molar-refractivity contribution is 5.71. The van der Waals surface area contributed by atoms with Crippen LogP contribution in [0.3, 0.4) is 0 Å². The van der Waals surface area contributed by atoms with Gasteiger partial charge in [-0.25, -0.2) is 0 Å². The lowest BCUT2D eigenvalue weighted by atomic mass is 10.1. The fourth-order valence-corrected chi connectivity index (χ4v) is 1.72. The van der Waals surface area contributed by atoms with Gasteiger partial charge in [0.15, 0.2) is 6.29 Å². The van der Waals surface area contributed by atoms with Gasteiger partial charge in [0, 0.05) is 11.4 Å². The van der Waals surface area contributed by atoms with E-state index in [0.717, 1.165) is 30.5 Å². The Hall–Kier alpha value is -2.07. The van der Waals surface area contributed by atoms with Crippen molar-refractivity contribution in [3.05, 3.63) is 59.2 Å². The molecule has 1 N–H and O–H groups in total. The van der Waals surface area contributed by atoms with E-state index in [4.69, 9.17) is 5.11 Å². The lowest BCUT2D eigenvalue weighted by Crippen LogP contribution is -2.00. The number of hydrogen-bond acceptors (Lipinski definition) is 4. The van der Waals surface area contributed by atoms with Gasteiger partial charge in [0.25, 0.3) is 0 Å². The van der Waals surface area contributed by atoms with Crippen LogP contribution < -0.4 is 0 Å². The van der Waals surface area contributed by atoms with Crippen molar-refractivity contribution >= 4 is 6.29 Å². The van der Waals surface area contributed by atoms with Crippen molar-refractivity contribution in [2.24, 2.45) is 0 Å². The first-order valence-corrected chi connectivity index (χ1v) is 5.78. The van der Waals surface area contributed by atoms with Gasteiger partial charge in [-0.05, 0) is 37.1 Å². The van der Waals surface area contributed by atoms with Gasteiger partial charge in [0.05, 0.1) is 12.3 Å². The number of aldehydes is 1. The molecule has 18 heavy (non-hydrogen) atoms. The lowest BCUT2D eigenvalue weighted by molar-refractivity contribution is 0.111. The van der Waals surface area contributed by atoms with Gasteiger partial charge in [-0.15, -0.1) is 0 Å². The van der Waals surface area contributed by atoms with E-state index >= 15 is 0 Å². The summed E-state index contributed by atoms with van der Waals surface area (Å²) in [7, 11) is 0. The molecular formula is C14H14N2O2. The maximum atomic E-state index is 10.6. The number of rotatable bonds is 5. The van der Waals surface area contributed by atoms with Gasteiger partial charge in [0.1, 0.15) is 5.69 Å². The second kappa shape index (κ2) is 6.02. The van der Waals surface area contributed by atoms with E-state index in [2.05, 4.69) is 9.97 Å². The summed E-state index contributed by atoms with van der Waals surface area (Å²) in [5.41, 5.74) is 2.90. The zero-order chi connectivity index (χ0) is 12.8. The Bertz CT molecular complexity index is 541. The predicted octanol–water partition coefficient (Wildman–Crippen LogP) is 1.57. The Kier molecular flexibility index (Phi) is 4.15. The van der Waals surface area contributed by atoms with E-state index in [0.29, 0.717) is 11.4 Å². The second-order valence-corrected chi connectivity index (χ2v) is 3.95. The molecule has 2 aromatic heterocycles. The third-order valence-electron chi connectivity index (χ3n) is 2.61. The van der Waals surface area contributed by atoms with Gasteiger partial charge in [-0.2, -0.15) is 0 Å². The summed E-state index contributed by atoms with van der Waals surface area (Å²) in [6.07, 6.45) is 2.21. The van der Waals surface area contributed by atoms with E-state index < -0.39 is 0 Å². The molecule has 0 saturated heterocycles. The molecule has 0 atom stereocenters. The largest absolute Gasteiger partial charge is 0.390 e. The molecule has 0 amide bonds. The third-order valence-corrected chi connectivity index (χ3v) is 2.61. The van der Waals surface area contributed by atoms with E-state index in [1.54, 1.807) is 12.1 Å². The Balaban J connectivity index is 2.03. The quantitative estimate of drug-likeness (QED) is 0.808. The highest BCUT2D eigenvalue weighted by atomic mass is 16.3. The number of hydrogen-bond donors (Lipinski definition) is 1. The normalized spacial score (nSPS) is 10.3. The van der Waals surface area contributed by atoms with Crippen LogP contribution in [0.15, 0.2) is 36.4 Å². The number of aliphatic hydroxyl groups is 1. The molecule has 4 nitrogen and oxygen atoms in total. The molecule has 0 aromatic carbocycles. The van der Waals surface area contributed by atoms with Crippen molar-refractivity contribution in [1.82, 2.24) is 9.97 Å². The molecule has 0 aliphatic heterocycles. The molecule has 0 unspecified atom stereocenters. The van der Waals surface area contributed by atoms with E-state index in [9.17, 15) is 4.79 Å². The maximum absolute atomic E-state index is 10.6. The molecule has 0 bridgehead atoms. The Labute approximate surface area is 105 Å². The average molecular weight is 242 g/mol. The minimum Gasteiger partial charge on any atom is -0.390 e. The van der Waals surface area contributed by atoms with Crippen LogP contribution in [0.4, 0.5) is 0 Å². The van der Waals surface area contributed by atoms with Crippen molar-refractivity contribution in [2.45, 2.75) is 19.4 Å². The van der Waals surface area contributed by atoms with Crippen molar-refractivity contribution in [3.63, 3.8) is 0 Å². The van der Waals surface area contributed by atoms with Crippen LogP contribution in [0.1, 0.15) is 27.6 Å². The summed E-state index contributed by atoms with van der Waals surface area (Å²) < 4.78 is 0. The molecule has 2 aromatic rings. The topological polar surface area (TPSA) is 63.1 Å². The third kappa shape index (κ3) is 3.21. The Morgan fingerprint density at radius 3 is 2.22 bits per heavy atom. The minimum absolute atomic E-state index is 0.0489. The van der Waals surface area contributed by atoms with Crippen LogP contribution in [-0.4, -0.2) is 21.4 Å². The molecule has 0 radical (unpaired) electrons. The van der Waals surface area contributed by atoms with Crippen LogP contribution in [0.5, 0.6) is 0 Å². The standard InChI is InChI=1S/C14H14N2O2/c17-9-13-5-1-3-11(15-13)7-8-12-4-2-6-14(10-18)16-12/h1-6,9,18H,7-8,10H2. The second-order valence-electron chi connectivity index (χ2n) is 3.95. The SMILES string of the molecule is O=Cc1cccc(CCc2cccc(CO)n2)n1. The van der Waals surface area contributed by atoms with E-state index in [1.807, 2.05) is 24.3 Å². The molecular weight excluding hydrogens is 228 g/mol. The van der Waals surface area contributed by atoms with Gasteiger partial charge >= 0.3 is 0 Å². The first-order valence-electron chi connectivity index (χ1n) is 5.78. The number of pyridine rings is 2. The molecule has 2 rings (SSSR count). The Morgan fingerprint density at radius 2 is 1.56 bits per heavy atom. The summed E-state index contributed by atoms with van der Waals surface area (Å²) in [5.74, 6) is 0. The average Bonchev–Trinajstić information content (AvgIpc) is 2.45. The van der Waals surface area contributed by atoms with Crippen molar-refractivity contribution in [2.75, 3.05) is 0 Å². The number of aromatic nitrogens is 2. The zero-order valence-electron chi connectivity index (χ0n) is 9.91. The molecule has 0 fully saturated rings. The fraction of sp³-hybridized carbons (Fsp3) is 0.214. The van der Waals surface area contributed by atoms with E-state index in [1.165, 1.54) is 0 Å². The number of carbonyl (C=O) groups is 1. The number of carbonyl (C=O) groups excluding carboxylic acids is 1. The summed E-state index contributed by atoms with van der Waals surface area (Å²) in [5, 5.41) is 9.00. The predicted molar refractivity (Wildman–Crippen MR) is 67.2 cm³/mol. The van der Waals surface area contributed by atoms with Crippen LogP contribution in [0, 0.1) is 0 Å². The van der Waals surface area contributed by atoms with Crippen LogP contribution in [0.25, 0.3) is 0 Å². The molecule has 0 spiro atoms. The van der Waals surface area contributed by atoms with Crippen molar-refractivity contribution in [1.29, 1.82) is 0 Å². The summed E-state index contributed by atoms with van der Waals surface area (Å²) in [4.78, 5) is 19.1. The highest BCUT2D eigenvalue weighted by Crippen LogP contribution is 2.05. The smallest absolute Gasteiger partial charge is 0.168 e. The lowest BCUT2D eigenvalue weighted by Gasteiger charge is -2.03. The van der Waals surface area contributed by atoms with Crippen LogP contribution in [0.2, 0.25) is 0 Å². The van der Waals surface area contributed by atoms with Crippen LogP contribution >= 0.6 is 0 Å². The van der Waals surface area contributed by atoms with Gasteiger partial charge < -0.3 is 5.11 Å². The van der Waals surface area contributed by atoms with Gasteiger partial charge in [-0.3, -0.25) is 14.8 Å². The van der Waals surface area contributed by atoms with Gasteiger partial charge in [0.2, 0.25) is 0 Å². The maximum Gasteiger partial charge on any atom is 0.168 e. The first kappa shape index (κ1) is 12.4. The van der Waals surface area contributed by atoms with Gasteiger partial charge in [-0.1, -0.05) is 12.1 Å². The highest BCUT2D eigenvalue weighted by Gasteiger charge is 2.01.